The molecule has 1 aromatic rings. The normalized spacial score (nSPS) is 21.1. The largest absolute Gasteiger partial charge is 0.508 e. The van der Waals surface area contributed by atoms with Crippen molar-refractivity contribution in [3.8, 4) is 5.75 Å². The summed E-state index contributed by atoms with van der Waals surface area (Å²) in [4.78, 5) is 2.59. The van der Waals surface area contributed by atoms with Gasteiger partial charge in [0.2, 0.25) is 0 Å². The molecule has 0 saturated carbocycles. The first kappa shape index (κ1) is 13.4. The molecule has 1 heterocycles. The van der Waals surface area contributed by atoms with E-state index in [1.54, 1.807) is 0 Å². The predicted molar refractivity (Wildman–Crippen MR) is 76.2 cm³/mol. The SMILES string of the molecule is CCCCN1CCc2ccc(O)cc2[C@@H](C)CC1. The zero-order chi connectivity index (χ0) is 13.0. The van der Waals surface area contributed by atoms with E-state index in [2.05, 4.69) is 24.8 Å². The molecule has 1 aromatic carbocycles. The third kappa shape index (κ3) is 3.26. The molecule has 0 saturated heterocycles. The van der Waals surface area contributed by atoms with E-state index in [9.17, 15) is 5.11 Å². The molecule has 1 aliphatic rings. The number of phenolic OH excluding ortho intramolecular Hbond substituents is 1. The van der Waals surface area contributed by atoms with Gasteiger partial charge in [0.05, 0.1) is 0 Å². The second kappa shape index (κ2) is 6.24. The van der Waals surface area contributed by atoms with Crippen molar-refractivity contribution in [3.63, 3.8) is 0 Å². The molecule has 2 rings (SSSR count). The summed E-state index contributed by atoms with van der Waals surface area (Å²) < 4.78 is 0. The average molecular weight is 247 g/mol. The van der Waals surface area contributed by atoms with Gasteiger partial charge in [0.15, 0.2) is 0 Å². The van der Waals surface area contributed by atoms with Crippen molar-refractivity contribution in [2.45, 2.75) is 45.4 Å². The smallest absolute Gasteiger partial charge is 0.115 e. The summed E-state index contributed by atoms with van der Waals surface area (Å²) in [6.45, 7) is 8.11. The van der Waals surface area contributed by atoms with Crippen LogP contribution < -0.4 is 0 Å². The first-order valence-corrected chi connectivity index (χ1v) is 7.25. The second-order valence-electron chi connectivity index (χ2n) is 5.52. The lowest BCUT2D eigenvalue weighted by atomic mass is 9.89. The van der Waals surface area contributed by atoms with Gasteiger partial charge in [-0.2, -0.15) is 0 Å². The van der Waals surface area contributed by atoms with Crippen LogP contribution in [0.4, 0.5) is 0 Å². The van der Waals surface area contributed by atoms with Crippen LogP contribution >= 0.6 is 0 Å². The van der Waals surface area contributed by atoms with Gasteiger partial charge < -0.3 is 10.0 Å². The highest BCUT2D eigenvalue weighted by Crippen LogP contribution is 2.29. The molecular formula is C16H25NO. The van der Waals surface area contributed by atoms with Crippen molar-refractivity contribution in [3.05, 3.63) is 29.3 Å². The Morgan fingerprint density at radius 1 is 1.33 bits per heavy atom. The fraction of sp³-hybridized carbons (Fsp3) is 0.625. The van der Waals surface area contributed by atoms with E-state index in [0.29, 0.717) is 11.7 Å². The standard InChI is InChI=1S/C16H25NO/c1-3-4-9-17-10-7-13(2)16-12-15(18)6-5-14(16)8-11-17/h5-6,12-13,18H,3-4,7-11H2,1-2H3/t13-/m0/s1. The van der Waals surface area contributed by atoms with Gasteiger partial charge in [0.25, 0.3) is 0 Å². The van der Waals surface area contributed by atoms with Crippen molar-refractivity contribution in [2.24, 2.45) is 0 Å². The van der Waals surface area contributed by atoms with Gasteiger partial charge in [-0.3, -0.25) is 0 Å². The van der Waals surface area contributed by atoms with Crippen molar-refractivity contribution >= 4 is 0 Å². The summed E-state index contributed by atoms with van der Waals surface area (Å²) in [5.41, 5.74) is 2.77. The van der Waals surface area contributed by atoms with Gasteiger partial charge in [-0.05, 0) is 61.5 Å². The maximum absolute atomic E-state index is 9.63. The molecule has 0 fully saturated rings. The third-order valence-corrected chi connectivity index (χ3v) is 4.06. The summed E-state index contributed by atoms with van der Waals surface area (Å²) in [5.74, 6) is 0.959. The second-order valence-corrected chi connectivity index (χ2v) is 5.52. The summed E-state index contributed by atoms with van der Waals surface area (Å²) in [6.07, 6.45) is 4.89. The summed E-state index contributed by atoms with van der Waals surface area (Å²) >= 11 is 0. The number of hydrogen-bond donors (Lipinski definition) is 1. The molecule has 1 aliphatic heterocycles. The fourth-order valence-corrected chi connectivity index (χ4v) is 2.80. The molecular weight excluding hydrogens is 222 g/mol. The van der Waals surface area contributed by atoms with Crippen molar-refractivity contribution in [1.29, 1.82) is 0 Å². The summed E-state index contributed by atoms with van der Waals surface area (Å²) in [6, 6.07) is 5.88. The van der Waals surface area contributed by atoms with Crippen LogP contribution in [0.3, 0.4) is 0 Å². The fourth-order valence-electron chi connectivity index (χ4n) is 2.80. The molecule has 2 heteroatoms. The van der Waals surface area contributed by atoms with E-state index in [1.807, 2.05) is 12.1 Å². The van der Waals surface area contributed by atoms with E-state index in [4.69, 9.17) is 0 Å². The van der Waals surface area contributed by atoms with Gasteiger partial charge in [0, 0.05) is 6.54 Å². The molecule has 18 heavy (non-hydrogen) atoms. The lowest BCUT2D eigenvalue weighted by molar-refractivity contribution is 0.257. The maximum Gasteiger partial charge on any atom is 0.115 e. The van der Waals surface area contributed by atoms with Crippen LogP contribution in [-0.4, -0.2) is 29.6 Å². The Bertz CT molecular complexity index is 389. The zero-order valence-electron chi connectivity index (χ0n) is 11.7. The van der Waals surface area contributed by atoms with Crippen LogP contribution in [-0.2, 0) is 6.42 Å². The minimum atomic E-state index is 0.406. The number of nitrogens with zero attached hydrogens (tertiary/aromatic N) is 1. The monoisotopic (exact) mass is 247 g/mol. The Kier molecular flexibility index (Phi) is 4.65. The van der Waals surface area contributed by atoms with Gasteiger partial charge in [-0.25, -0.2) is 0 Å². The number of fused-ring (bicyclic) bond motifs is 1. The third-order valence-electron chi connectivity index (χ3n) is 4.06. The molecule has 1 N–H and O–H groups in total. The Balaban J connectivity index is 2.10. The van der Waals surface area contributed by atoms with E-state index in [-0.39, 0.29) is 0 Å². The highest BCUT2D eigenvalue weighted by Gasteiger charge is 2.17. The lowest BCUT2D eigenvalue weighted by Crippen LogP contribution is -2.31. The van der Waals surface area contributed by atoms with E-state index < -0.39 is 0 Å². The molecule has 0 unspecified atom stereocenters. The van der Waals surface area contributed by atoms with Gasteiger partial charge in [-0.15, -0.1) is 0 Å². The van der Waals surface area contributed by atoms with Crippen LogP contribution in [0, 0.1) is 0 Å². The van der Waals surface area contributed by atoms with E-state index in [1.165, 1.54) is 43.5 Å². The Morgan fingerprint density at radius 2 is 2.17 bits per heavy atom. The number of hydrogen-bond acceptors (Lipinski definition) is 2. The average Bonchev–Trinajstić information content (AvgIpc) is 2.37. The van der Waals surface area contributed by atoms with Crippen LogP contribution in [0.5, 0.6) is 5.75 Å². The van der Waals surface area contributed by atoms with Crippen molar-refractivity contribution in [1.82, 2.24) is 4.90 Å². The van der Waals surface area contributed by atoms with Gasteiger partial charge in [-0.1, -0.05) is 26.3 Å². The number of aromatic hydroxyl groups is 1. The van der Waals surface area contributed by atoms with E-state index in [0.717, 1.165) is 13.0 Å². The first-order valence-electron chi connectivity index (χ1n) is 7.25. The topological polar surface area (TPSA) is 23.5 Å². The predicted octanol–water partition coefficient (Wildman–Crippen LogP) is 3.54. The number of unbranched alkanes of at least 4 members (excludes halogenated alkanes) is 1. The number of rotatable bonds is 3. The Labute approximate surface area is 111 Å². The highest BCUT2D eigenvalue weighted by atomic mass is 16.3. The molecule has 0 aliphatic carbocycles. The minimum Gasteiger partial charge on any atom is -0.508 e. The molecule has 0 spiro atoms. The highest BCUT2D eigenvalue weighted by molar-refractivity contribution is 5.37. The first-order chi connectivity index (χ1) is 8.70. The van der Waals surface area contributed by atoms with Gasteiger partial charge in [0.1, 0.15) is 5.75 Å². The maximum atomic E-state index is 9.63. The molecule has 0 aromatic heterocycles. The summed E-state index contributed by atoms with van der Waals surface area (Å²) in [5, 5.41) is 9.63. The molecule has 0 amide bonds. The van der Waals surface area contributed by atoms with Crippen LogP contribution in [0.25, 0.3) is 0 Å². The van der Waals surface area contributed by atoms with Gasteiger partial charge >= 0.3 is 0 Å². The Hall–Kier alpha value is -1.02. The molecule has 0 radical (unpaired) electrons. The number of benzene rings is 1. The summed E-state index contributed by atoms with van der Waals surface area (Å²) in [7, 11) is 0. The molecule has 100 valence electrons. The Morgan fingerprint density at radius 3 is 2.94 bits per heavy atom. The lowest BCUT2D eigenvalue weighted by Gasteiger charge is -2.28. The van der Waals surface area contributed by atoms with Crippen LogP contribution in [0.2, 0.25) is 0 Å². The van der Waals surface area contributed by atoms with Crippen LogP contribution in [0.15, 0.2) is 18.2 Å². The minimum absolute atomic E-state index is 0.406. The van der Waals surface area contributed by atoms with Crippen molar-refractivity contribution in [2.75, 3.05) is 19.6 Å². The van der Waals surface area contributed by atoms with Crippen LogP contribution in [0.1, 0.15) is 50.2 Å². The number of phenols is 1. The van der Waals surface area contributed by atoms with Crippen molar-refractivity contribution < 1.29 is 5.11 Å². The zero-order valence-corrected chi connectivity index (χ0v) is 11.7. The molecule has 2 nitrogen and oxygen atoms in total. The quantitative estimate of drug-likeness (QED) is 0.883. The molecule has 0 bridgehead atoms. The molecule has 1 atom stereocenters. The van der Waals surface area contributed by atoms with E-state index >= 15 is 0 Å².